The van der Waals surface area contributed by atoms with Crippen molar-refractivity contribution in [1.82, 2.24) is 0 Å². The third-order valence-electron chi connectivity index (χ3n) is 2.03. The standard InChI is InChI=1S/C12H9BrFNO/c13-8-5-6-10(15)12(7-8)16-11-4-2-1-3-9(11)14/h1-7H,15H2. The van der Waals surface area contributed by atoms with Gasteiger partial charge in [0.25, 0.3) is 0 Å². The molecule has 0 amide bonds. The summed E-state index contributed by atoms with van der Waals surface area (Å²) >= 11 is 3.30. The van der Waals surface area contributed by atoms with Gasteiger partial charge in [-0.25, -0.2) is 4.39 Å². The molecule has 16 heavy (non-hydrogen) atoms. The molecule has 0 unspecified atom stereocenters. The van der Waals surface area contributed by atoms with E-state index in [-0.39, 0.29) is 5.75 Å². The molecule has 0 spiro atoms. The number of para-hydroxylation sites is 1. The molecule has 0 radical (unpaired) electrons. The van der Waals surface area contributed by atoms with Crippen molar-refractivity contribution in [2.24, 2.45) is 0 Å². The van der Waals surface area contributed by atoms with Crippen LogP contribution in [0.5, 0.6) is 11.5 Å². The van der Waals surface area contributed by atoms with Gasteiger partial charge in [-0.05, 0) is 30.3 Å². The lowest BCUT2D eigenvalue weighted by molar-refractivity contribution is 0.444. The zero-order valence-electron chi connectivity index (χ0n) is 8.28. The number of anilines is 1. The Labute approximate surface area is 101 Å². The maximum absolute atomic E-state index is 13.3. The average molecular weight is 282 g/mol. The summed E-state index contributed by atoms with van der Waals surface area (Å²) in [5, 5.41) is 0. The summed E-state index contributed by atoms with van der Waals surface area (Å²) < 4.78 is 19.5. The summed E-state index contributed by atoms with van der Waals surface area (Å²) in [4.78, 5) is 0. The van der Waals surface area contributed by atoms with E-state index in [0.29, 0.717) is 11.4 Å². The fourth-order valence-electron chi connectivity index (χ4n) is 1.24. The van der Waals surface area contributed by atoms with Crippen LogP contribution < -0.4 is 10.5 Å². The number of halogens is 2. The topological polar surface area (TPSA) is 35.2 Å². The Morgan fingerprint density at radius 1 is 1.06 bits per heavy atom. The van der Waals surface area contributed by atoms with Gasteiger partial charge >= 0.3 is 0 Å². The molecule has 0 atom stereocenters. The van der Waals surface area contributed by atoms with Crippen LogP contribution in [-0.4, -0.2) is 0 Å². The minimum absolute atomic E-state index is 0.160. The molecule has 2 aromatic rings. The van der Waals surface area contributed by atoms with Crippen LogP contribution in [0.25, 0.3) is 0 Å². The largest absolute Gasteiger partial charge is 0.452 e. The summed E-state index contributed by atoms with van der Waals surface area (Å²) in [6, 6.07) is 11.4. The van der Waals surface area contributed by atoms with Gasteiger partial charge in [-0.3, -0.25) is 0 Å². The van der Waals surface area contributed by atoms with Crippen LogP contribution in [0.1, 0.15) is 0 Å². The van der Waals surface area contributed by atoms with Gasteiger partial charge in [-0.15, -0.1) is 0 Å². The molecule has 0 aromatic heterocycles. The number of benzene rings is 2. The molecule has 0 aliphatic heterocycles. The second-order valence-electron chi connectivity index (χ2n) is 3.21. The lowest BCUT2D eigenvalue weighted by atomic mass is 10.3. The van der Waals surface area contributed by atoms with E-state index in [1.165, 1.54) is 6.07 Å². The molecule has 0 saturated heterocycles. The van der Waals surface area contributed by atoms with Gasteiger partial charge < -0.3 is 10.5 Å². The zero-order chi connectivity index (χ0) is 11.5. The number of hydrogen-bond donors (Lipinski definition) is 1. The van der Waals surface area contributed by atoms with Crippen molar-refractivity contribution in [1.29, 1.82) is 0 Å². The number of rotatable bonds is 2. The normalized spacial score (nSPS) is 10.1. The second kappa shape index (κ2) is 4.53. The highest BCUT2D eigenvalue weighted by atomic mass is 79.9. The van der Waals surface area contributed by atoms with Gasteiger partial charge in [0.15, 0.2) is 17.3 Å². The number of ether oxygens (including phenoxy) is 1. The van der Waals surface area contributed by atoms with Crippen molar-refractivity contribution in [3.63, 3.8) is 0 Å². The minimum atomic E-state index is -0.415. The third-order valence-corrected chi connectivity index (χ3v) is 2.53. The van der Waals surface area contributed by atoms with Gasteiger partial charge in [0.05, 0.1) is 5.69 Å². The molecule has 2 rings (SSSR count). The lowest BCUT2D eigenvalue weighted by Crippen LogP contribution is -1.93. The van der Waals surface area contributed by atoms with Crippen LogP contribution in [0, 0.1) is 5.82 Å². The van der Waals surface area contributed by atoms with Crippen LogP contribution in [0.2, 0.25) is 0 Å². The van der Waals surface area contributed by atoms with Crippen LogP contribution in [0.15, 0.2) is 46.9 Å². The molecule has 2 N–H and O–H groups in total. The summed E-state index contributed by atoms with van der Waals surface area (Å²) in [6.07, 6.45) is 0. The molecule has 2 nitrogen and oxygen atoms in total. The van der Waals surface area contributed by atoms with E-state index in [1.807, 2.05) is 0 Å². The van der Waals surface area contributed by atoms with Crippen LogP contribution >= 0.6 is 15.9 Å². The molecule has 4 heteroatoms. The Hall–Kier alpha value is -1.55. The van der Waals surface area contributed by atoms with Crippen molar-refractivity contribution in [3.8, 4) is 11.5 Å². The first kappa shape index (κ1) is 11.0. The van der Waals surface area contributed by atoms with E-state index >= 15 is 0 Å². The molecule has 82 valence electrons. The van der Waals surface area contributed by atoms with Crippen molar-refractivity contribution in [2.45, 2.75) is 0 Å². The lowest BCUT2D eigenvalue weighted by Gasteiger charge is -2.09. The van der Waals surface area contributed by atoms with Crippen LogP contribution in [-0.2, 0) is 0 Å². The maximum atomic E-state index is 13.3. The highest BCUT2D eigenvalue weighted by Crippen LogP contribution is 2.31. The summed E-state index contributed by atoms with van der Waals surface area (Å²) in [7, 11) is 0. The van der Waals surface area contributed by atoms with E-state index in [0.717, 1.165) is 4.47 Å². The van der Waals surface area contributed by atoms with E-state index in [1.54, 1.807) is 36.4 Å². The Morgan fingerprint density at radius 3 is 2.56 bits per heavy atom. The Bertz CT molecular complexity index is 516. The van der Waals surface area contributed by atoms with Crippen LogP contribution in [0.3, 0.4) is 0 Å². The smallest absolute Gasteiger partial charge is 0.165 e. The second-order valence-corrected chi connectivity index (χ2v) is 4.13. The molecular weight excluding hydrogens is 273 g/mol. The number of nitrogen functional groups attached to an aromatic ring is 1. The molecule has 0 saturated carbocycles. The van der Waals surface area contributed by atoms with Gasteiger partial charge in [0.2, 0.25) is 0 Å². The molecule has 2 aromatic carbocycles. The zero-order valence-corrected chi connectivity index (χ0v) is 9.87. The quantitative estimate of drug-likeness (QED) is 0.846. The molecule has 0 aliphatic carbocycles. The number of hydrogen-bond acceptors (Lipinski definition) is 2. The van der Waals surface area contributed by atoms with E-state index in [9.17, 15) is 4.39 Å². The highest BCUT2D eigenvalue weighted by Gasteiger charge is 2.06. The van der Waals surface area contributed by atoms with Crippen molar-refractivity contribution < 1.29 is 9.13 Å². The fraction of sp³-hybridized carbons (Fsp3) is 0. The average Bonchev–Trinajstić information content (AvgIpc) is 2.27. The first-order valence-corrected chi connectivity index (χ1v) is 5.43. The van der Waals surface area contributed by atoms with E-state index < -0.39 is 5.82 Å². The van der Waals surface area contributed by atoms with E-state index in [4.69, 9.17) is 10.5 Å². The van der Waals surface area contributed by atoms with Gasteiger partial charge in [-0.2, -0.15) is 0 Å². The summed E-state index contributed by atoms with van der Waals surface area (Å²) in [5.41, 5.74) is 6.18. The minimum Gasteiger partial charge on any atom is -0.452 e. The Balaban J connectivity index is 2.34. The molecular formula is C12H9BrFNO. The molecule has 0 aliphatic rings. The summed E-state index contributed by atoms with van der Waals surface area (Å²) in [5.74, 6) is 0.175. The van der Waals surface area contributed by atoms with Crippen molar-refractivity contribution in [2.75, 3.05) is 5.73 Å². The SMILES string of the molecule is Nc1ccc(Br)cc1Oc1ccccc1F. The molecule has 0 bridgehead atoms. The summed E-state index contributed by atoms with van der Waals surface area (Å²) in [6.45, 7) is 0. The van der Waals surface area contributed by atoms with Gasteiger partial charge in [0, 0.05) is 4.47 Å². The first-order valence-electron chi connectivity index (χ1n) is 4.64. The van der Waals surface area contributed by atoms with Crippen molar-refractivity contribution in [3.05, 3.63) is 52.8 Å². The number of nitrogens with two attached hydrogens (primary N) is 1. The molecule has 0 heterocycles. The Kier molecular flexibility index (Phi) is 3.10. The van der Waals surface area contributed by atoms with E-state index in [2.05, 4.69) is 15.9 Å². The van der Waals surface area contributed by atoms with Crippen molar-refractivity contribution >= 4 is 21.6 Å². The van der Waals surface area contributed by atoms with Crippen LogP contribution in [0.4, 0.5) is 10.1 Å². The Morgan fingerprint density at radius 2 is 1.81 bits per heavy atom. The fourth-order valence-corrected chi connectivity index (χ4v) is 1.58. The molecule has 0 fully saturated rings. The predicted molar refractivity (Wildman–Crippen MR) is 65.0 cm³/mol. The predicted octanol–water partition coefficient (Wildman–Crippen LogP) is 3.96. The maximum Gasteiger partial charge on any atom is 0.165 e. The monoisotopic (exact) mass is 281 g/mol. The van der Waals surface area contributed by atoms with Gasteiger partial charge in [-0.1, -0.05) is 28.1 Å². The van der Waals surface area contributed by atoms with Gasteiger partial charge in [0.1, 0.15) is 0 Å². The first-order chi connectivity index (χ1) is 7.66. The third kappa shape index (κ3) is 2.33. The highest BCUT2D eigenvalue weighted by molar-refractivity contribution is 9.10.